The molecule has 2 aliphatic heterocycles. The zero-order valence-corrected chi connectivity index (χ0v) is 10.7. The Morgan fingerprint density at radius 1 is 1.24 bits per heavy atom. The Labute approximate surface area is 104 Å². The van der Waals surface area contributed by atoms with Crippen molar-refractivity contribution in [1.82, 2.24) is 5.32 Å². The fourth-order valence-electron chi connectivity index (χ4n) is 3.38. The number of piperidine rings is 1. The van der Waals surface area contributed by atoms with Crippen LogP contribution in [-0.2, 0) is 9.47 Å². The van der Waals surface area contributed by atoms with Crippen molar-refractivity contribution in [1.29, 1.82) is 0 Å². The maximum absolute atomic E-state index is 6.13. The lowest BCUT2D eigenvalue weighted by Crippen LogP contribution is -2.48. The highest BCUT2D eigenvalue weighted by Gasteiger charge is 2.42. The Balaban J connectivity index is 1.41. The fraction of sp³-hybridized carbons (Fsp3) is 1.00. The lowest BCUT2D eigenvalue weighted by Gasteiger charge is -2.47. The molecule has 0 aromatic carbocycles. The molecule has 1 spiro atoms. The van der Waals surface area contributed by atoms with Gasteiger partial charge >= 0.3 is 0 Å². The molecule has 3 nitrogen and oxygen atoms in total. The minimum absolute atomic E-state index is 0.230. The normalized spacial score (nSPS) is 36.7. The lowest BCUT2D eigenvalue weighted by atomic mass is 9.74. The summed E-state index contributed by atoms with van der Waals surface area (Å²) in [4.78, 5) is 0. The molecule has 2 atom stereocenters. The van der Waals surface area contributed by atoms with E-state index in [1.54, 1.807) is 0 Å². The van der Waals surface area contributed by atoms with Crippen LogP contribution in [0.5, 0.6) is 0 Å². The average Bonchev–Trinajstić information content (AvgIpc) is 2.36. The van der Waals surface area contributed by atoms with Crippen LogP contribution in [0.2, 0.25) is 0 Å². The van der Waals surface area contributed by atoms with Gasteiger partial charge in [-0.1, -0.05) is 0 Å². The molecule has 2 unspecified atom stereocenters. The van der Waals surface area contributed by atoms with Crippen LogP contribution < -0.4 is 5.32 Å². The predicted molar refractivity (Wildman–Crippen MR) is 67.1 cm³/mol. The van der Waals surface area contributed by atoms with Crippen LogP contribution in [0.15, 0.2) is 0 Å². The second kappa shape index (κ2) is 5.25. The summed E-state index contributed by atoms with van der Waals surface area (Å²) in [6.45, 7) is 4.20. The van der Waals surface area contributed by atoms with E-state index in [1.165, 1.54) is 38.6 Å². The molecule has 3 rings (SSSR count). The highest BCUT2D eigenvalue weighted by atomic mass is 16.5. The van der Waals surface area contributed by atoms with Gasteiger partial charge in [-0.2, -0.15) is 0 Å². The Bertz CT molecular complexity index is 247. The molecule has 0 amide bonds. The summed E-state index contributed by atoms with van der Waals surface area (Å²) < 4.78 is 12.1. The van der Waals surface area contributed by atoms with Crippen LogP contribution in [0, 0.1) is 5.92 Å². The molecule has 1 saturated carbocycles. The zero-order valence-electron chi connectivity index (χ0n) is 10.7. The van der Waals surface area contributed by atoms with Gasteiger partial charge in [0.1, 0.15) is 0 Å². The van der Waals surface area contributed by atoms with Crippen molar-refractivity contribution < 1.29 is 9.47 Å². The molecule has 2 saturated heterocycles. The molecule has 0 radical (unpaired) electrons. The van der Waals surface area contributed by atoms with Crippen LogP contribution in [-0.4, -0.2) is 38.0 Å². The Kier molecular flexibility index (Phi) is 3.69. The maximum Gasteiger partial charge on any atom is 0.0707 e. The second-order valence-electron chi connectivity index (χ2n) is 6.05. The number of rotatable bonds is 3. The van der Waals surface area contributed by atoms with Crippen LogP contribution in [0.4, 0.5) is 0 Å². The van der Waals surface area contributed by atoms with Gasteiger partial charge in [0.25, 0.3) is 0 Å². The Morgan fingerprint density at radius 2 is 2.18 bits per heavy atom. The number of hydrogen-bond donors (Lipinski definition) is 1. The van der Waals surface area contributed by atoms with Gasteiger partial charge in [-0.25, -0.2) is 0 Å². The summed E-state index contributed by atoms with van der Waals surface area (Å²) in [5.41, 5.74) is 0.230. The number of hydrogen-bond acceptors (Lipinski definition) is 3. The highest BCUT2D eigenvalue weighted by Crippen LogP contribution is 2.43. The standard InChI is InChI=1S/C14H25NO2/c1-3-12(10-15-7-1)11-16-13-4-8-17-14(9-13)5-2-6-14/h12-13,15H,1-11H2. The molecule has 0 bridgehead atoms. The first-order chi connectivity index (χ1) is 8.36. The first-order valence-corrected chi connectivity index (χ1v) is 7.33. The predicted octanol–water partition coefficient (Wildman–Crippen LogP) is 2.10. The third kappa shape index (κ3) is 2.83. The summed E-state index contributed by atoms with van der Waals surface area (Å²) in [7, 11) is 0. The molecular formula is C14H25NO2. The minimum atomic E-state index is 0.230. The van der Waals surface area contributed by atoms with E-state index in [-0.39, 0.29) is 5.60 Å². The lowest BCUT2D eigenvalue weighted by molar-refractivity contribution is -0.171. The summed E-state index contributed by atoms with van der Waals surface area (Å²) in [5.74, 6) is 0.740. The first kappa shape index (κ1) is 11.9. The maximum atomic E-state index is 6.13. The van der Waals surface area contributed by atoms with Gasteiger partial charge < -0.3 is 14.8 Å². The summed E-state index contributed by atoms with van der Waals surface area (Å²) in [6.07, 6.45) is 9.22. The van der Waals surface area contributed by atoms with Crippen LogP contribution >= 0.6 is 0 Å². The molecule has 3 fully saturated rings. The monoisotopic (exact) mass is 239 g/mol. The van der Waals surface area contributed by atoms with E-state index in [0.717, 1.165) is 38.5 Å². The molecule has 98 valence electrons. The number of ether oxygens (including phenoxy) is 2. The molecule has 1 N–H and O–H groups in total. The molecule has 2 heterocycles. The molecule has 3 heteroatoms. The molecule has 0 aromatic heterocycles. The van der Waals surface area contributed by atoms with E-state index in [2.05, 4.69) is 5.32 Å². The molecule has 17 heavy (non-hydrogen) atoms. The van der Waals surface area contributed by atoms with E-state index in [1.807, 2.05) is 0 Å². The second-order valence-corrected chi connectivity index (χ2v) is 6.05. The molecule has 3 aliphatic rings. The van der Waals surface area contributed by atoms with E-state index in [4.69, 9.17) is 9.47 Å². The summed E-state index contributed by atoms with van der Waals surface area (Å²) in [5, 5.41) is 3.46. The highest BCUT2D eigenvalue weighted by molar-refractivity contribution is 4.94. The average molecular weight is 239 g/mol. The smallest absolute Gasteiger partial charge is 0.0707 e. The Hall–Kier alpha value is -0.120. The van der Waals surface area contributed by atoms with Crippen molar-refractivity contribution in [2.75, 3.05) is 26.3 Å². The summed E-state index contributed by atoms with van der Waals surface area (Å²) >= 11 is 0. The van der Waals surface area contributed by atoms with E-state index < -0.39 is 0 Å². The third-order valence-corrected chi connectivity index (χ3v) is 4.68. The zero-order chi connectivity index (χ0) is 11.6. The van der Waals surface area contributed by atoms with Crippen LogP contribution in [0.25, 0.3) is 0 Å². The van der Waals surface area contributed by atoms with Crippen molar-refractivity contribution in [2.45, 2.75) is 56.7 Å². The minimum Gasteiger partial charge on any atom is -0.378 e. The molecule has 1 aliphatic carbocycles. The molecule has 0 aromatic rings. The van der Waals surface area contributed by atoms with Crippen molar-refractivity contribution >= 4 is 0 Å². The van der Waals surface area contributed by atoms with Crippen molar-refractivity contribution in [3.8, 4) is 0 Å². The summed E-state index contributed by atoms with van der Waals surface area (Å²) in [6, 6.07) is 0. The third-order valence-electron chi connectivity index (χ3n) is 4.68. The van der Waals surface area contributed by atoms with Crippen molar-refractivity contribution in [2.24, 2.45) is 5.92 Å². The van der Waals surface area contributed by atoms with Gasteiger partial charge in [0, 0.05) is 19.6 Å². The topological polar surface area (TPSA) is 30.5 Å². The van der Waals surface area contributed by atoms with Gasteiger partial charge in [0.2, 0.25) is 0 Å². The first-order valence-electron chi connectivity index (χ1n) is 7.33. The van der Waals surface area contributed by atoms with E-state index in [9.17, 15) is 0 Å². The van der Waals surface area contributed by atoms with E-state index in [0.29, 0.717) is 6.10 Å². The van der Waals surface area contributed by atoms with Gasteiger partial charge in [0.05, 0.1) is 18.3 Å². The SMILES string of the molecule is C1CNCC(COC2CCOC3(CCC3)C2)C1. The Morgan fingerprint density at radius 3 is 2.88 bits per heavy atom. The van der Waals surface area contributed by atoms with Gasteiger partial charge in [-0.15, -0.1) is 0 Å². The number of nitrogens with one attached hydrogen (secondary N) is 1. The largest absolute Gasteiger partial charge is 0.378 e. The van der Waals surface area contributed by atoms with Crippen molar-refractivity contribution in [3.05, 3.63) is 0 Å². The fourth-order valence-corrected chi connectivity index (χ4v) is 3.38. The molecular weight excluding hydrogens is 214 g/mol. The quantitative estimate of drug-likeness (QED) is 0.818. The van der Waals surface area contributed by atoms with Gasteiger partial charge in [-0.3, -0.25) is 0 Å². The van der Waals surface area contributed by atoms with Gasteiger partial charge in [0.15, 0.2) is 0 Å². The van der Waals surface area contributed by atoms with E-state index >= 15 is 0 Å². The van der Waals surface area contributed by atoms with Crippen LogP contribution in [0.1, 0.15) is 44.9 Å². The van der Waals surface area contributed by atoms with Gasteiger partial charge in [-0.05, 0) is 51.0 Å². The van der Waals surface area contributed by atoms with Crippen LogP contribution in [0.3, 0.4) is 0 Å². The van der Waals surface area contributed by atoms with Crippen molar-refractivity contribution in [3.63, 3.8) is 0 Å².